The highest BCUT2D eigenvalue weighted by Crippen LogP contribution is 2.60. The standard InChI is InChI=1S/C51H22F4N6O7S3/c52-32-11-27-29(13-34(32)54)43(62)41(39(27)25(17-56)18-57)60-37-15-31-46(70-37)48-45(68-51(31,49(64)66-21-23-7-3-1-4-8-23)50(65)67-22-24-9-5-2-6-10-24)47-36(69-48)16-38(71-47)61-42-40(26(19-58)20-59)28-12-33(53)35(55)14-30(28)44(42)63/h1-16,44,63H,21-22H2/b60-41-,61-42-. The summed E-state index contributed by atoms with van der Waals surface area (Å²) in [6, 6.07) is 29.4. The molecule has 20 heteroatoms. The number of halogens is 4. The molecule has 4 heterocycles. The van der Waals surface area contributed by atoms with Crippen LogP contribution in [0.2, 0.25) is 0 Å². The number of thiophene rings is 3. The predicted molar refractivity (Wildman–Crippen MR) is 250 cm³/mol. The second kappa shape index (κ2) is 17.9. The van der Waals surface area contributed by atoms with Gasteiger partial charge in [0, 0.05) is 27.8 Å². The predicted octanol–water partition coefficient (Wildman–Crippen LogP) is 10.7. The second-order valence-corrected chi connectivity index (χ2v) is 18.7. The van der Waals surface area contributed by atoms with Crippen LogP contribution < -0.4 is 4.74 Å². The lowest BCUT2D eigenvalue weighted by Gasteiger charge is -2.33. The molecule has 0 spiro atoms. The Kier molecular flexibility index (Phi) is 11.6. The van der Waals surface area contributed by atoms with Gasteiger partial charge in [-0.15, -0.1) is 34.0 Å². The van der Waals surface area contributed by atoms with Gasteiger partial charge in [0.15, 0.2) is 29.0 Å². The number of aliphatic hydroxyl groups excluding tert-OH is 1. The first-order chi connectivity index (χ1) is 34.3. The molecule has 3 aromatic heterocycles. The van der Waals surface area contributed by atoms with E-state index in [0.717, 1.165) is 46.1 Å². The largest absolute Gasteiger partial charge is 0.457 e. The molecule has 1 unspecified atom stereocenters. The van der Waals surface area contributed by atoms with E-state index in [1.54, 1.807) is 91.0 Å². The van der Waals surface area contributed by atoms with E-state index in [4.69, 9.17) is 14.2 Å². The van der Waals surface area contributed by atoms with Crippen LogP contribution in [-0.2, 0) is 37.9 Å². The molecule has 71 heavy (non-hydrogen) atoms. The molecule has 0 saturated heterocycles. The van der Waals surface area contributed by atoms with E-state index in [0.29, 0.717) is 32.8 Å². The molecule has 13 nitrogen and oxygen atoms in total. The van der Waals surface area contributed by atoms with Crippen molar-refractivity contribution in [3.63, 3.8) is 0 Å². The number of ether oxygens (including phenoxy) is 3. The third-order valence-electron chi connectivity index (χ3n) is 11.5. The lowest BCUT2D eigenvalue weighted by Crippen LogP contribution is -2.52. The molecule has 1 atom stereocenters. The number of rotatable bonds is 8. The van der Waals surface area contributed by atoms with Crippen molar-refractivity contribution in [2.45, 2.75) is 24.9 Å². The van der Waals surface area contributed by atoms with Crippen LogP contribution in [0.4, 0.5) is 27.6 Å². The number of hydrogen-bond acceptors (Lipinski definition) is 16. The third kappa shape index (κ3) is 7.56. The summed E-state index contributed by atoms with van der Waals surface area (Å²) in [6.45, 7) is -0.697. The average Bonchev–Trinajstić information content (AvgIpc) is 4.18. The van der Waals surface area contributed by atoms with Gasteiger partial charge in [-0.1, -0.05) is 60.7 Å². The summed E-state index contributed by atoms with van der Waals surface area (Å²) in [5.41, 5.74) is -5.33. The number of allylic oxidation sites excluding steroid dienone is 3. The normalized spacial score (nSPS) is 16.0. The lowest BCUT2D eigenvalue weighted by atomic mass is 9.91. The summed E-state index contributed by atoms with van der Waals surface area (Å²) in [7, 11) is 0. The van der Waals surface area contributed by atoms with Gasteiger partial charge in [0.25, 0.3) is 0 Å². The second-order valence-electron chi connectivity index (χ2n) is 15.6. The van der Waals surface area contributed by atoms with Crippen molar-refractivity contribution in [2.75, 3.05) is 0 Å². The summed E-state index contributed by atoms with van der Waals surface area (Å²) in [5.74, 6) is -8.80. The van der Waals surface area contributed by atoms with Crippen LogP contribution in [0.25, 0.3) is 30.3 Å². The van der Waals surface area contributed by atoms with Crippen molar-refractivity contribution < 1.29 is 51.3 Å². The Balaban J connectivity index is 1.17. The average molecular weight is 1000 g/mol. The van der Waals surface area contributed by atoms with Crippen LogP contribution in [0.3, 0.4) is 0 Å². The molecule has 0 saturated carbocycles. The van der Waals surface area contributed by atoms with E-state index in [1.807, 2.05) is 0 Å². The van der Waals surface area contributed by atoms with E-state index in [-0.39, 0.29) is 83.2 Å². The summed E-state index contributed by atoms with van der Waals surface area (Å²) >= 11 is 2.87. The molecule has 0 amide bonds. The topological polar surface area (TPSA) is 219 Å². The first-order valence-electron chi connectivity index (χ1n) is 20.6. The van der Waals surface area contributed by atoms with E-state index in [9.17, 15) is 58.1 Å². The highest BCUT2D eigenvalue weighted by molar-refractivity contribution is 7.33. The van der Waals surface area contributed by atoms with Crippen LogP contribution >= 0.6 is 34.0 Å². The molecule has 10 rings (SSSR count). The first-order valence-corrected chi connectivity index (χ1v) is 23.1. The number of esters is 2. The maximum atomic E-state index is 15.0. The number of hydrogen-bond donors (Lipinski definition) is 1. The highest BCUT2D eigenvalue weighted by Gasteiger charge is 2.59. The highest BCUT2D eigenvalue weighted by atomic mass is 32.1. The number of carbonyl (C=O) groups excluding carboxylic acids is 3. The van der Waals surface area contributed by atoms with Gasteiger partial charge in [-0.05, 0) is 58.7 Å². The number of benzene rings is 4. The summed E-state index contributed by atoms with van der Waals surface area (Å²) in [5, 5.41) is 51.0. The zero-order valence-corrected chi connectivity index (χ0v) is 38.0. The molecule has 1 N–H and O–H groups in total. The Labute approximate surface area is 409 Å². The van der Waals surface area contributed by atoms with Gasteiger partial charge < -0.3 is 19.3 Å². The zero-order valence-electron chi connectivity index (χ0n) is 35.5. The van der Waals surface area contributed by atoms with Crippen molar-refractivity contribution in [1.29, 1.82) is 21.0 Å². The van der Waals surface area contributed by atoms with Crippen LogP contribution in [0.15, 0.2) is 118 Å². The minimum Gasteiger partial charge on any atom is -0.457 e. The lowest BCUT2D eigenvalue weighted by molar-refractivity contribution is -0.183. The van der Waals surface area contributed by atoms with Gasteiger partial charge in [0.2, 0.25) is 5.78 Å². The van der Waals surface area contributed by atoms with Crippen LogP contribution in [-0.4, -0.2) is 34.3 Å². The molecule has 0 radical (unpaired) electrons. The Morgan fingerprint density at radius 2 is 1.20 bits per heavy atom. The number of aliphatic imine (C=N–C) groups is 2. The molecule has 344 valence electrons. The van der Waals surface area contributed by atoms with E-state index >= 15 is 0 Å². The molecule has 0 fully saturated rings. The van der Waals surface area contributed by atoms with Gasteiger partial charge in [-0.2, -0.15) is 21.0 Å². The van der Waals surface area contributed by atoms with Crippen LogP contribution in [0, 0.1) is 68.6 Å². The smallest absolute Gasteiger partial charge is 0.367 e. The number of Topliss-reactive ketones (excluding diaryl/α,β-unsaturated/α-hetero) is 1. The molecule has 4 aromatic carbocycles. The number of nitriles is 4. The molecule has 1 aliphatic heterocycles. The summed E-state index contributed by atoms with van der Waals surface area (Å²) in [4.78, 5) is 53.5. The Morgan fingerprint density at radius 3 is 1.79 bits per heavy atom. The zero-order chi connectivity index (χ0) is 49.9. The number of ketones is 1. The Bertz CT molecular complexity index is 3740. The molecule has 3 aliphatic rings. The van der Waals surface area contributed by atoms with Crippen molar-refractivity contribution >= 4 is 93.7 Å². The van der Waals surface area contributed by atoms with Gasteiger partial charge in [-0.25, -0.2) is 37.1 Å². The van der Waals surface area contributed by atoms with Crippen molar-refractivity contribution in [2.24, 2.45) is 9.98 Å². The van der Waals surface area contributed by atoms with Crippen molar-refractivity contribution in [3.05, 3.63) is 170 Å². The maximum absolute atomic E-state index is 15.0. The first kappa shape index (κ1) is 45.9. The number of nitrogens with zero attached hydrogens (tertiary/aromatic N) is 6. The Hall–Kier alpha value is -8.89. The quantitative estimate of drug-likeness (QED) is 0.0653. The molecule has 7 aromatic rings. The van der Waals surface area contributed by atoms with Gasteiger partial charge in [-0.3, -0.25) is 4.79 Å². The molecule has 0 bridgehead atoms. The number of fused-ring (bicyclic) bond motifs is 7. The van der Waals surface area contributed by atoms with Gasteiger partial charge in [0.05, 0.1) is 24.9 Å². The van der Waals surface area contributed by atoms with Crippen molar-refractivity contribution in [1.82, 2.24) is 0 Å². The van der Waals surface area contributed by atoms with E-state index in [1.165, 1.54) is 6.07 Å². The molecular formula is C51H22F4N6O7S3. The molecular weight excluding hydrogens is 981 g/mol. The fraction of sp³-hybridized carbons (Fsp3) is 0.0784. The minimum absolute atomic E-state index is 0.0552. The van der Waals surface area contributed by atoms with Gasteiger partial charge >= 0.3 is 17.5 Å². The van der Waals surface area contributed by atoms with E-state index < -0.39 is 69.6 Å². The molecule has 2 aliphatic carbocycles. The SMILES string of the molecule is N#CC(C#N)=C1/C(=N/c2cc3c(s2)-c2sc4cc(/N=C5/C(=C(C#N)C#N)c6cc(F)c(F)cc6C5O)sc4c2OC3(C(=O)OCc2ccccc2)C(=O)OCc2ccccc2)C(=O)c2cc(F)c(F)cc21. The summed E-state index contributed by atoms with van der Waals surface area (Å²) in [6.07, 6.45) is -1.71. The Morgan fingerprint density at radius 1 is 0.662 bits per heavy atom. The fourth-order valence-electron chi connectivity index (χ4n) is 8.24. The fourth-order valence-corrected chi connectivity index (χ4v) is 11.8. The van der Waals surface area contributed by atoms with Crippen molar-refractivity contribution in [3.8, 4) is 39.8 Å². The number of carbonyl (C=O) groups is 3. The third-order valence-corrected chi connectivity index (χ3v) is 14.9. The van der Waals surface area contributed by atoms with Gasteiger partial charge in [0.1, 0.15) is 70.5 Å². The summed E-state index contributed by atoms with van der Waals surface area (Å²) < 4.78 is 77.3. The number of aliphatic hydroxyl groups is 1. The monoisotopic (exact) mass is 1000 g/mol. The maximum Gasteiger partial charge on any atom is 0.367 e. The van der Waals surface area contributed by atoms with Crippen LogP contribution in [0.1, 0.15) is 49.8 Å². The minimum atomic E-state index is -2.79. The van der Waals surface area contributed by atoms with Crippen LogP contribution in [0.5, 0.6) is 5.75 Å². The van der Waals surface area contributed by atoms with E-state index in [2.05, 4.69) is 9.98 Å².